The molecular formula is C20H19ClFN3O4S2. The Bertz CT molecular complexity index is 1160. The summed E-state index contributed by atoms with van der Waals surface area (Å²) in [6.45, 7) is -0.0831. The van der Waals surface area contributed by atoms with Crippen LogP contribution in [0.5, 0.6) is 5.75 Å². The van der Waals surface area contributed by atoms with E-state index in [1.165, 1.54) is 30.0 Å². The number of fused-ring (bicyclic) bond motifs is 1. The van der Waals surface area contributed by atoms with Crippen molar-refractivity contribution in [1.82, 2.24) is 0 Å². The van der Waals surface area contributed by atoms with Gasteiger partial charge < -0.3 is 15.0 Å². The Labute approximate surface area is 188 Å². The molecule has 0 radical (unpaired) electrons. The molecule has 4 rings (SSSR count). The van der Waals surface area contributed by atoms with E-state index in [2.05, 4.69) is 10.3 Å². The summed E-state index contributed by atoms with van der Waals surface area (Å²) in [5, 5.41) is 3.03. The minimum absolute atomic E-state index is 0.0143. The van der Waals surface area contributed by atoms with Crippen molar-refractivity contribution in [2.75, 3.05) is 35.4 Å². The van der Waals surface area contributed by atoms with Gasteiger partial charge in [0, 0.05) is 22.7 Å². The molecule has 2 aromatic rings. The lowest BCUT2D eigenvalue weighted by molar-refractivity contribution is -0.114. The lowest BCUT2D eigenvalue weighted by Gasteiger charge is -2.24. The molecule has 2 aliphatic heterocycles. The summed E-state index contributed by atoms with van der Waals surface area (Å²) in [6.07, 6.45) is 0. The standard InChI is InChI=1S/C20H19ClFN3O4S2/c1-29-14-4-2-3-13(8-14)25(20-24-17-10-31(27,28)11-18(17)30-20)9-19(26)23-12-5-6-16(22)15(21)7-12/h2-8,17-18H,9-11H2,1H3,(H,23,26)/t17-,18-/m1/s1. The third-order valence-electron chi connectivity index (χ3n) is 4.91. The summed E-state index contributed by atoms with van der Waals surface area (Å²) >= 11 is 7.15. The number of hydrogen-bond acceptors (Lipinski definition) is 7. The average molecular weight is 484 g/mol. The molecule has 1 amide bonds. The molecular weight excluding hydrogens is 465 g/mol. The summed E-state index contributed by atoms with van der Waals surface area (Å²) in [7, 11) is -1.54. The zero-order valence-electron chi connectivity index (χ0n) is 16.4. The quantitative estimate of drug-likeness (QED) is 0.702. The van der Waals surface area contributed by atoms with Crippen molar-refractivity contribution in [3.8, 4) is 5.75 Å². The first-order chi connectivity index (χ1) is 14.7. The van der Waals surface area contributed by atoms with Gasteiger partial charge in [-0.05, 0) is 30.3 Å². The van der Waals surface area contributed by atoms with Crippen molar-refractivity contribution in [2.45, 2.75) is 11.3 Å². The van der Waals surface area contributed by atoms with Gasteiger partial charge in [0.2, 0.25) is 5.91 Å². The van der Waals surface area contributed by atoms with Crippen LogP contribution in [-0.4, -0.2) is 55.9 Å². The highest BCUT2D eigenvalue weighted by atomic mass is 35.5. The van der Waals surface area contributed by atoms with Crippen molar-refractivity contribution >= 4 is 55.6 Å². The minimum atomic E-state index is -3.09. The van der Waals surface area contributed by atoms with Crippen molar-refractivity contribution in [2.24, 2.45) is 4.99 Å². The molecule has 1 N–H and O–H groups in total. The highest BCUT2D eigenvalue weighted by molar-refractivity contribution is 8.15. The van der Waals surface area contributed by atoms with Gasteiger partial charge in [0.05, 0.1) is 29.7 Å². The Kier molecular flexibility index (Phi) is 6.14. The molecule has 0 aliphatic carbocycles. The summed E-state index contributed by atoms with van der Waals surface area (Å²) in [5.41, 5.74) is 1.05. The fourth-order valence-corrected chi connectivity index (χ4v) is 7.40. The van der Waals surface area contributed by atoms with Gasteiger partial charge in [-0.25, -0.2) is 12.8 Å². The second-order valence-corrected chi connectivity index (χ2v) is 10.9. The molecule has 1 fully saturated rings. The fraction of sp³-hybridized carbons (Fsp3) is 0.300. The van der Waals surface area contributed by atoms with E-state index in [1.54, 1.807) is 30.2 Å². The van der Waals surface area contributed by atoms with E-state index in [4.69, 9.17) is 16.3 Å². The lowest BCUT2D eigenvalue weighted by Crippen LogP contribution is -2.36. The number of nitrogens with one attached hydrogen (secondary N) is 1. The number of nitrogens with zero attached hydrogens (tertiary/aromatic N) is 2. The van der Waals surface area contributed by atoms with Crippen LogP contribution < -0.4 is 15.0 Å². The summed E-state index contributed by atoms with van der Waals surface area (Å²) in [5.74, 6) is -0.240. The van der Waals surface area contributed by atoms with Crippen LogP contribution in [0, 0.1) is 5.82 Å². The summed E-state index contributed by atoms with van der Waals surface area (Å²) in [6, 6.07) is 10.8. The maximum absolute atomic E-state index is 13.4. The van der Waals surface area contributed by atoms with Crippen LogP contribution in [0.4, 0.5) is 15.8 Å². The zero-order valence-corrected chi connectivity index (χ0v) is 18.8. The number of amidine groups is 1. The molecule has 164 valence electrons. The van der Waals surface area contributed by atoms with Crippen molar-refractivity contribution in [1.29, 1.82) is 0 Å². The fourth-order valence-electron chi connectivity index (χ4n) is 3.44. The van der Waals surface area contributed by atoms with Crippen LogP contribution in [0.1, 0.15) is 0 Å². The molecule has 2 heterocycles. The molecule has 2 aliphatic rings. The number of benzene rings is 2. The largest absolute Gasteiger partial charge is 0.497 e. The third kappa shape index (κ3) is 4.97. The molecule has 11 heteroatoms. The molecule has 0 bridgehead atoms. The van der Waals surface area contributed by atoms with Gasteiger partial charge >= 0.3 is 0 Å². The molecule has 0 aromatic heterocycles. The smallest absolute Gasteiger partial charge is 0.244 e. The molecule has 0 spiro atoms. The maximum Gasteiger partial charge on any atom is 0.244 e. The molecule has 7 nitrogen and oxygen atoms in total. The molecule has 2 aromatic carbocycles. The number of methoxy groups -OCH3 is 1. The van der Waals surface area contributed by atoms with Crippen LogP contribution >= 0.6 is 23.4 Å². The second kappa shape index (κ2) is 8.68. The van der Waals surface area contributed by atoms with Gasteiger partial charge in [0.15, 0.2) is 15.0 Å². The Balaban J connectivity index is 1.58. The SMILES string of the molecule is COc1cccc(N(CC(=O)Nc2ccc(F)c(Cl)c2)C2=N[C@@H]3CS(=O)(=O)C[C@H]3S2)c1. The van der Waals surface area contributed by atoms with E-state index in [9.17, 15) is 17.6 Å². The number of carbonyl (C=O) groups excluding carboxylic acids is 1. The van der Waals surface area contributed by atoms with Crippen molar-refractivity contribution in [3.63, 3.8) is 0 Å². The summed E-state index contributed by atoms with van der Waals surface area (Å²) in [4.78, 5) is 19.1. The first-order valence-electron chi connectivity index (χ1n) is 9.35. The number of rotatable bonds is 5. The van der Waals surface area contributed by atoms with E-state index < -0.39 is 15.7 Å². The number of thioether (sulfide) groups is 1. The van der Waals surface area contributed by atoms with Gasteiger partial charge in [0.1, 0.15) is 18.1 Å². The Morgan fingerprint density at radius 2 is 2.13 bits per heavy atom. The van der Waals surface area contributed by atoms with Crippen molar-refractivity contribution in [3.05, 3.63) is 53.3 Å². The van der Waals surface area contributed by atoms with E-state index in [0.717, 1.165) is 0 Å². The minimum Gasteiger partial charge on any atom is -0.497 e. The monoisotopic (exact) mass is 483 g/mol. The van der Waals surface area contributed by atoms with E-state index in [-0.39, 0.29) is 40.3 Å². The van der Waals surface area contributed by atoms with E-state index >= 15 is 0 Å². The number of aliphatic imine (C=N–C) groups is 1. The van der Waals surface area contributed by atoms with E-state index in [0.29, 0.717) is 22.3 Å². The number of sulfone groups is 1. The van der Waals surface area contributed by atoms with Crippen molar-refractivity contribution < 1.29 is 22.3 Å². The first kappa shape index (κ1) is 21.9. The number of carbonyl (C=O) groups is 1. The third-order valence-corrected chi connectivity index (χ3v) is 8.44. The Morgan fingerprint density at radius 1 is 1.32 bits per heavy atom. The van der Waals surface area contributed by atoms with Gasteiger partial charge in [-0.3, -0.25) is 9.79 Å². The number of ether oxygens (including phenoxy) is 1. The second-order valence-electron chi connectivity index (χ2n) is 7.18. The number of halogens is 2. The number of anilines is 2. The van der Waals surface area contributed by atoms with Gasteiger partial charge in [-0.1, -0.05) is 29.4 Å². The molecule has 0 unspecified atom stereocenters. The Morgan fingerprint density at radius 3 is 2.84 bits per heavy atom. The van der Waals surface area contributed by atoms with Crippen LogP contribution in [0.25, 0.3) is 0 Å². The molecule has 2 atom stereocenters. The van der Waals surface area contributed by atoms with Crippen LogP contribution in [0.2, 0.25) is 5.02 Å². The molecule has 1 saturated heterocycles. The van der Waals surface area contributed by atoms with Gasteiger partial charge in [-0.2, -0.15) is 0 Å². The van der Waals surface area contributed by atoms with Crippen LogP contribution in [0.15, 0.2) is 47.5 Å². The predicted octanol–water partition coefficient (Wildman–Crippen LogP) is 3.20. The molecule has 31 heavy (non-hydrogen) atoms. The highest BCUT2D eigenvalue weighted by Gasteiger charge is 2.44. The number of amides is 1. The van der Waals surface area contributed by atoms with E-state index in [1.807, 2.05) is 6.07 Å². The Hall–Kier alpha value is -2.30. The van der Waals surface area contributed by atoms with Gasteiger partial charge in [-0.15, -0.1) is 0 Å². The zero-order chi connectivity index (χ0) is 22.2. The predicted molar refractivity (Wildman–Crippen MR) is 122 cm³/mol. The normalized spacial score (nSPS) is 21.3. The van der Waals surface area contributed by atoms with Crippen LogP contribution in [0.3, 0.4) is 0 Å². The number of hydrogen-bond donors (Lipinski definition) is 1. The van der Waals surface area contributed by atoms with Gasteiger partial charge in [0.25, 0.3) is 0 Å². The maximum atomic E-state index is 13.4. The topological polar surface area (TPSA) is 88.1 Å². The molecule has 0 saturated carbocycles. The lowest BCUT2D eigenvalue weighted by atomic mass is 10.2. The first-order valence-corrected chi connectivity index (χ1v) is 12.4. The van der Waals surface area contributed by atoms with Crippen LogP contribution in [-0.2, 0) is 14.6 Å². The highest BCUT2D eigenvalue weighted by Crippen LogP contribution is 2.37. The summed E-state index contributed by atoms with van der Waals surface area (Å²) < 4.78 is 42.5. The average Bonchev–Trinajstić information content (AvgIpc) is 3.22.